The van der Waals surface area contributed by atoms with Gasteiger partial charge in [-0.15, -0.1) is 0 Å². The average molecular weight is 381 g/mol. The number of hydrogen-bond donors (Lipinski definition) is 1. The van der Waals surface area contributed by atoms with E-state index in [0.29, 0.717) is 17.1 Å². The lowest BCUT2D eigenvalue weighted by molar-refractivity contribution is 0.0957. The summed E-state index contributed by atoms with van der Waals surface area (Å²) < 4.78 is 24.5. The molecule has 5 nitrogen and oxygen atoms in total. The van der Waals surface area contributed by atoms with Crippen molar-refractivity contribution in [3.63, 3.8) is 0 Å². The number of nitrogens with one attached hydrogen (secondary N) is 1. The lowest BCUT2D eigenvalue weighted by atomic mass is 10.1. The highest BCUT2D eigenvalue weighted by Gasteiger charge is 2.29. The van der Waals surface area contributed by atoms with E-state index < -0.39 is 7.60 Å². The van der Waals surface area contributed by atoms with Gasteiger partial charge in [0.25, 0.3) is 5.91 Å². The van der Waals surface area contributed by atoms with E-state index in [0.717, 1.165) is 5.56 Å². The van der Waals surface area contributed by atoms with Gasteiger partial charge in [-0.2, -0.15) is 0 Å². The van der Waals surface area contributed by atoms with E-state index in [9.17, 15) is 9.36 Å². The van der Waals surface area contributed by atoms with Crippen molar-refractivity contribution in [2.45, 2.75) is 6.92 Å². The Morgan fingerprint density at radius 2 is 1.30 bits per heavy atom. The van der Waals surface area contributed by atoms with Crippen molar-refractivity contribution in [2.24, 2.45) is 0 Å². The second-order valence-corrected chi connectivity index (χ2v) is 7.85. The third-order valence-corrected chi connectivity index (χ3v) is 5.25. The van der Waals surface area contributed by atoms with Crippen molar-refractivity contribution in [1.82, 2.24) is 5.32 Å². The molecule has 0 aliphatic heterocycles. The van der Waals surface area contributed by atoms with Gasteiger partial charge in [0.05, 0.1) is 0 Å². The molecule has 0 radical (unpaired) electrons. The Hall–Kier alpha value is -3.04. The molecule has 0 aromatic heterocycles. The molecule has 0 saturated heterocycles. The molecule has 3 aromatic rings. The second kappa shape index (κ2) is 8.56. The summed E-state index contributed by atoms with van der Waals surface area (Å²) in [5, 5.41) is 2.65. The molecular weight excluding hydrogens is 361 g/mol. The molecule has 6 heteroatoms. The summed E-state index contributed by atoms with van der Waals surface area (Å²) in [6.45, 7) is 1.94. The van der Waals surface area contributed by atoms with Crippen LogP contribution in [-0.2, 0) is 4.57 Å². The Morgan fingerprint density at radius 3 is 1.78 bits per heavy atom. The molecule has 0 spiro atoms. The zero-order valence-corrected chi connectivity index (χ0v) is 15.8. The lowest BCUT2D eigenvalue weighted by Gasteiger charge is -2.20. The Bertz CT molecular complexity index is 882. The smallest absolute Gasteiger partial charge is 0.415 e. The fraction of sp³-hybridized carbons (Fsp3) is 0.0952. The summed E-state index contributed by atoms with van der Waals surface area (Å²) in [4.78, 5) is 12.4. The van der Waals surface area contributed by atoms with Crippen LogP contribution in [0, 0.1) is 6.92 Å². The third kappa shape index (κ3) is 5.47. The van der Waals surface area contributed by atoms with Crippen LogP contribution >= 0.6 is 7.60 Å². The fourth-order valence-corrected chi connectivity index (χ4v) is 3.73. The molecule has 0 unspecified atom stereocenters. The molecule has 1 N–H and O–H groups in total. The van der Waals surface area contributed by atoms with Crippen LogP contribution in [0.1, 0.15) is 15.9 Å². The molecule has 0 aliphatic rings. The first kappa shape index (κ1) is 18.7. The minimum absolute atomic E-state index is 0.260. The largest absolute Gasteiger partial charge is 0.449 e. The Kier molecular flexibility index (Phi) is 5.94. The van der Waals surface area contributed by atoms with Crippen LogP contribution in [-0.4, -0.2) is 12.2 Å². The van der Waals surface area contributed by atoms with Gasteiger partial charge in [0, 0.05) is 5.56 Å². The standard InChI is InChI=1S/C21H20NO4P/c1-17-12-14-18(15-13-17)21(23)22-16-27(24,25-19-8-4-2-5-9-19)26-20-10-6-3-7-11-20/h2-15H,16H2,1H3,(H,22,23). The van der Waals surface area contributed by atoms with Gasteiger partial charge in [-0.05, 0) is 43.3 Å². The third-order valence-electron chi connectivity index (χ3n) is 3.72. The highest BCUT2D eigenvalue weighted by atomic mass is 31.2. The van der Waals surface area contributed by atoms with Crippen LogP contribution < -0.4 is 14.4 Å². The zero-order chi connectivity index (χ0) is 19.1. The number of para-hydroxylation sites is 2. The number of benzene rings is 3. The van der Waals surface area contributed by atoms with E-state index >= 15 is 0 Å². The Labute approximate surface area is 158 Å². The van der Waals surface area contributed by atoms with Crippen LogP contribution in [0.4, 0.5) is 0 Å². The summed E-state index contributed by atoms with van der Waals surface area (Å²) >= 11 is 0. The quantitative estimate of drug-likeness (QED) is 0.583. The highest BCUT2D eigenvalue weighted by Crippen LogP contribution is 2.47. The average Bonchev–Trinajstić information content (AvgIpc) is 2.68. The van der Waals surface area contributed by atoms with Crippen molar-refractivity contribution in [2.75, 3.05) is 6.29 Å². The number of carbonyl (C=O) groups excluding carboxylic acids is 1. The van der Waals surface area contributed by atoms with Crippen molar-refractivity contribution in [3.8, 4) is 11.5 Å². The number of carbonyl (C=O) groups is 1. The first-order valence-electron chi connectivity index (χ1n) is 8.47. The maximum Gasteiger partial charge on any atom is 0.449 e. The van der Waals surface area contributed by atoms with Crippen LogP contribution in [0.2, 0.25) is 0 Å². The number of hydrogen-bond acceptors (Lipinski definition) is 4. The van der Waals surface area contributed by atoms with Crippen LogP contribution in [0.15, 0.2) is 84.9 Å². The molecule has 0 saturated carbocycles. The summed E-state index contributed by atoms with van der Waals surface area (Å²) in [5.41, 5.74) is 1.53. The topological polar surface area (TPSA) is 64.6 Å². The zero-order valence-electron chi connectivity index (χ0n) is 14.9. The number of rotatable bonds is 7. The van der Waals surface area contributed by atoms with E-state index in [1.165, 1.54) is 0 Å². The Balaban J connectivity index is 1.75. The highest BCUT2D eigenvalue weighted by molar-refractivity contribution is 7.54. The number of amides is 1. The van der Waals surface area contributed by atoms with Crippen LogP contribution in [0.3, 0.4) is 0 Å². The van der Waals surface area contributed by atoms with E-state index in [4.69, 9.17) is 9.05 Å². The van der Waals surface area contributed by atoms with E-state index in [1.807, 2.05) is 31.2 Å². The maximum atomic E-state index is 13.3. The van der Waals surface area contributed by atoms with E-state index in [2.05, 4.69) is 5.32 Å². The van der Waals surface area contributed by atoms with Crippen molar-refractivity contribution in [1.29, 1.82) is 0 Å². The predicted molar refractivity (Wildman–Crippen MR) is 105 cm³/mol. The molecule has 3 rings (SSSR count). The Morgan fingerprint density at radius 1 is 0.815 bits per heavy atom. The van der Waals surface area contributed by atoms with Gasteiger partial charge in [0.1, 0.15) is 17.8 Å². The first-order chi connectivity index (χ1) is 13.0. The summed E-state index contributed by atoms with van der Waals surface area (Å²) in [7, 11) is -3.68. The monoisotopic (exact) mass is 381 g/mol. The molecule has 3 aromatic carbocycles. The summed E-state index contributed by atoms with van der Waals surface area (Å²) in [6.07, 6.45) is -0.260. The van der Waals surface area contributed by atoms with Gasteiger partial charge >= 0.3 is 7.60 Å². The van der Waals surface area contributed by atoms with Gasteiger partial charge in [0.2, 0.25) is 0 Å². The number of aryl methyl sites for hydroxylation is 1. The van der Waals surface area contributed by atoms with Gasteiger partial charge in [-0.1, -0.05) is 54.1 Å². The molecule has 27 heavy (non-hydrogen) atoms. The SMILES string of the molecule is Cc1ccc(C(=O)NCP(=O)(Oc2ccccc2)Oc2ccccc2)cc1. The molecule has 0 atom stereocenters. The molecule has 138 valence electrons. The molecular formula is C21H20NO4P. The minimum atomic E-state index is -3.68. The van der Waals surface area contributed by atoms with Gasteiger partial charge < -0.3 is 14.4 Å². The maximum absolute atomic E-state index is 13.3. The van der Waals surface area contributed by atoms with E-state index in [1.54, 1.807) is 60.7 Å². The van der Waals surface area contributed by atoms with E-state index in [-0.39, 0.29) is 12.2 Å². The van der Waals surface area contributed by atoms with Crippen molar-refractivity contribution in [3.05, 3.63) is 96.1 Å². The fourth-order valence-electron chi connectivity index (χ4n) is 2.34. The second-order valence-electron chi connectivity index (χ2n) is 5.95. The molecule has 0 aliphatic carbocycles. The normalized spacial score (nSPS) is 10.9. The van der Waals surface area contributed by atoms with Crippen LogP contribution in [0.5, 0.6) is 11.5 Å². The molecule has 1 amide bonds. The molecule has 0 heterocycles. The van der Waals surface area contributed by atoms with Gasteiger partial charge in [-0.25, -0.2) is 4.57 Å². The van der Waals surface area contributed by atoms with Crippen molar-refractivity contribution < 1.29 is 18.4 Å². The van der Waals surface area contributed by atoms with Crippen LogP contribution in [0.25, 0.3) is 0 Å². The van der Waals surface area contributed by atoms with Gasteiger partial charge in [0.15, 0.2) is 0 Å². The minimum Gasteiger partial charge on any atom is -0.415 e. The summed E-state index contributed by atoms with van der Waals surface area (Å²) in [5.74, 6) is 0.464. The van der Waals surface area contributed by atoms with Gasteiger partial charge in [-0.3, -0.25) is 4.79 Å². The molecule has 0 fully saturated rings. The molecule has 0 bridgehead atoms. The summed E-state index contributed by atoms with van der Waals surface area (Å²) in [6, 6.07) is 24.6. The predicted octanol–water partition coefficient (Wildman–Crippen LogP) is 5.03. The first-order valence-corrected chi connectivity index (χ1v) is 10.2. The lowest BCUT2D eigenvalue weighted by Crippen LogP contribution is -2.27. The van der Waals surface area contributed by atoms with Crippen molar-refractivity contribution >= 4 is 13.5 Å².